The van der Waals surface area contributed by atoms with Crippen molar-refractivity contribution in [2.75, 3.05) is 51.7 Å². The van der Waals surface area contributed by atoms with E-state index in [0.717, 1.165) is 68.1 Å². The van der Waals surface area contributed by atoms with Crippen LogP contribution in [-0.2, 0) is 16.0 Å². The number of esters is 1. The molecule has 1 saturated heterocycles. The standard InChI is InChI=1S/C23H29N5O3S/c1-3-31-22(29)19-13-18-20(26-23(24)27-21(18)32-19)17-12-16(5-4-15(17)2)14-25-6-7-28-8-10-30-11-9-28/h4-5,12-13,25H,3,6-11,14H2,1-2H3,(H2,24,26,27). The van der Waals surface area contributed by atoms with Crippen molar-refractivity contribution in [3.8, 4) is 11.3 Å². The maximum absolute atomic E-state index is 12.2. The minimum atomic E-state index is -0.352. The number of aryl methyl sites for hydroxylation is 1. The maximum atomic E-state index is 12.2. The molecule has 4 rings (SSSR count). The number of carbonyl (C=O) groups is 1. The number of carbonyl (C=O) groups excluding carboxylic acids is 1. The van der Waals surface area contributed by atoms with E-state index in [0.29, 0.717) is 16.3 Å². The van der Waals surface area contributed by atoms with Crippen LogP contribution in [0.2, 0.25) is 0 Å². The Balaban J connectivity index is 1.54. The van der Waals surface area contributed by atoms with Crippen LogP contribution >= 0.6 is 11.3 Å². The highest BCUT2D eigenvalue weighted by atomic mass is 32.1. The van der Waals surface area contributed by atoms with Gasteiger partial charge in [-0.15, -0.1) is 11.3 Å². The third kappa shape index (κ3) is 5.24. The quantitative estimate of drug-likeness (QED) is 0.395. The zero-order valence-electron chi connectivity index (χ0n) is 18.5. The number of nitrogens with one attached hydrogen (secondary N) is 1. The summed E-state index contributed by atoms with van der Waals surface area (Å²) >= 11 is 1.28. The van der Waals surface area contributed by atoms with Gasteiger partial charge >= 0.3 is 5.97 Å². The molecule has 0 unspecified atom stereocenters. The Kier molecular flexibility index (Phi) is 7.31. The molecule has 1 aliphatic rings. The molecule has 1 fully saturated rings. The Bertz CT molecular complexity index is 1090. The molecule has 0 bridgehead atoms. The number of anilines is 1. The topological polar surface area (TPSA) is 103 Å². The second-order valence-corrected chi connectivity index (χ2v) is 8.79. The van der Waals surface area contributed by atoms with Crippen molar-refractivity contribution in [3.63, 3.8) is 0 Å². The van der Waals surface area contributed by atoms with Gasteiger partial charge in [-0.1, -0.05) is 12.1 Å². The minimum absolute atomic E-state index is 0.193. The molecule has 1 aliphatic heterocycles. The van der Waals surface area contributed by atoms with E-state index in [1.165, 1.54) is 16.9 Å². The first-order valence-corrected chi connectivity index (χ1v) is 11.7. The lowest BCUT2D eigenvalue weighted by molar-refractivity contribution is 0.0384. The predicted octanol–water partition coefficient (Wildman–Crippen LogP) is 2.85. The summed E-state index contributed by atoms with van der Waals surface area (Å²) < 4.78 is 10.5. The number of fused-ring (bicyclic) bond motifs is 1. The first-order valence-electron chi connectivity index (χ1n) is 10.9. The van der Waals surface area contributed by atoms with Crippen LogP contribution in [0, 0.1) is 6.92 Å². The smallest absolute Gasteiger partial charge is 0.348 e. The summed E-state index contributed by atoms with van der Waals surface area (Å²) in [6.45, 7) is 10.5. The number of benzene rings is 1. The lowest BCUT2D eigenvalue weighted by Crippen LogP contribution is -2.40. The van der Waals surface area contributed by atoms with E-state index in [4.69, 9.17) is 15.2 Å². The first-order chi connectivity index (χ1) is 15.5. The number of rotatable bonds is 8. The van der Waals surface area contributed by atoms with E-state index in [2.05, 4.69) is 38.4 Å². The molecule has 1 aromatic carbocycles. The molecule has 3 N–H and O–H groups in total. The summed E-state index contributed by atoms with van der Waals surface area (Å²) in [5.74, 6) is -0.159. The third-order valence-electron chi connectivity index (χ3n) is 5.48. The second kappa shape index (κ2) is 10.4. The normalized spacial score (nSPS) is 14.7. The molecule has 0 aliphatic carbocycles. The van der Waals surface area contributed by atoms with Gasteiger partial charge in [0.25, 0.3) is 0 Å². The summed E-state index contributed by atoms with van der Waals surface area (Å²) in [4.78, 5) is 24.7. The van der Waals surface area contributed by atoms with Crippen LogP contribution in [0.3, 0.4) is 0 Å². The Hall–Kier alpha value is -2.59. The predicted molar refractivity (Wildman–Crippen MR) is 127 cm³/mol. The van der Waals surface area contributed by atoms with Crippen molar-refractivity contribution in [2.24, 2.45) is 0 Å². The number of hydrogen-bond acceptors (Lipinski definition) is 9. The number of nitrogen functional groups attached to an aromatic ring is 1. The fraction of sp³-hybridized carbons (Fsp3) is 0.435. The second-order valence-electron chi connectivity index (χ2n) is 7.76. The van der Waals surface area contributed by atoms with Gasteiger partial charge in [0.15, 0.2) is 0 Å². The molecule has 3 aromatic rings. The third-order valence-corrected chi connectivity index (χ3v) is 6.49. The van der Waals surface area contributed by atoms with Crippen molar-refractivity contribution < 1.29 is 14.3 Å². The Labute approximate surface area is 191 Å². The largest absolute Gasteiger partial charge is 0.462 e. The van der Waals surface area contributed by atoms with Crippen LogP contribution in [0.5, 0.6) is 0 Å². The zero-order chi connectivity index (χ0) is 22.5. The fourth-order valence-electron chi connectivity index (χ4n) is 3.77. The van der Waals surface area contributed by atoms with Crippen molar-refractivity contribution in [3.05, 3.63) is 40.3 Å². The van der Waals surface area contributed by atoms with Crippen LogP contribution < -0.4 is 11.1 Å². The van der Waals surface area contributed by atoms with Crippen LogP contribution in [0.25, 0.3) is 21.5 Å². The number of nitrogens with two attached hydrogens (primary N) is 1. The van der Waals surface area contributed by atoms with Gasteiger partial charge in [-0.05, 0) is 37.1 Å². The van der Waals surface area contributed by atoms with Gasteiger partial charge in [-0.3, -0.25) is 4.90 Å². The average molecular weight is 456 g/mol. The molecular weight excluding hydrogens is 426 g/mol. The average Bonchev–Trinajstić information content (AvgIpc) is 3.22. The highest BCUT2D eigenvalue weighted by molar-refractivity contribution is 7.20. The van der Waals surface area contributed by atoms with E-state index in [1.807, 2.05) is 6.92 Å². The Morgan fingerprint density at radius 3 is 2.88 bits per heavy atom. The molecule has 0 atom stereocenters. The summed E-state index contributed by atoms with van der Waals surface area (Å²) in [5.41, 5.74) is 9.99. The molecule has 8 nitrogen and oxygen atoms in total. The van der Waals surface area contributed by atoms with Crippen molar-refractivity contribution in [1.82, 2.24) is 20.2 Å². The maximum Gasteiger partial charge on any atom is 0.348 e. The molecule has 0 saturated carbocycles. The van der Waals surface area contributed by atoms with E-state index in [-0.39, 0.29) is 11.9 Å². The molecule has 0 amide bonds. The van der Waals surface area contributed by atoms with Crippen LogP contribution in [0.4, 0.5) is 5.95 Å². The summed E-state index contributed by atoms with van der Waals surface area (Å²) in [6.07, 6.45) is 0. The molecule has 0 spiro atoms. The molecule has 3 heterocycles. The monoisotopic (exact) mass is 455 g/mol. The highest BCUT2D eigenvalue weighted by Crippen LogP contribution is 2.34. The Morgan fingerprint density at radius 1 is 1.28 bits per heavy atom. The molecule has 32 heavy (non-hydrogen) atoms. The van der Waals surface area contributed by atoms with E-state index >= 15 is 0 Å². The number of morpholine rings is 1. The van der Waals surface area contributed by atoms with Gasteiger partial charge in [-0.25, -0.2) is 14.8 Å². The van der Waals surface area contributed by atoms with Crippen molar-refractivity contribution >= 4 is 33.5 Å². The number of ether oxygens (including phenoxy) is 2. The number of nitrogens with zero attached hydrogens (tertiary/aromatic N) is 3. The number of thiophene rings is 1. The van der Waals surface area contributed by atoms with Crippen molar-refractivity contribution in [2.45, 2.75) is 20.4 Å². The van der Waals surface area contributed by atoms with Crippen LogP contribution in [0.15, 0.2) is 24.3 Å². The van der Waals surface area contributed by atoms with Crippen LogP contribution in [-0.4, -0.2) is 66.8 Å². The minimum Gasteiger partial charge on any atom is -0.462 e. The molecule has 0 radical (unpaired) electrons. The highest BCUT2D eigenvalue weighted by Gasteiger charge is 2.18. The number of hydrogen-bond donors (Lipinski definition) is 2. The van der Waals surface area contributed by atoms with Gasteiger partial charge in [0, 0.05) is 43.7 Å². The fourth-order valence-corrected chi connectivity index (χ4v) is 4.71. The Morgan fingerprint density at radius 2 is 2.09 bits per heavy atom. The molecule has 2 aromatic heterocycles. The van der Waals surface area contributed by atoms with E-state index < -0.39 is 0 Å². The van der Waals surface area contributed by atoms with Gasteiger partial charge in [0.05, 0.1) is 25.5 Å². The first kappa shape index (κ1) is 22.6. The zero-order valence-corrected chi connectivity index (χ0v) is 19.3. The lowest BCUT2D eigenvalue weighted by atomic mass is 10.00. The SMILES string of the molecule is CCOC(=O)c1cc2c(-c3cc(CNCCN4CCOCC4)ccc3C)nc(N)nc2s1. The van der Waals surface area contributed by atoms with Gasteiger partial charge < -0.3 is 20.5 Å². The van der Waals surface area contributed by atoms with Gasteiger partial charge in [0.1, 0.15) is 9.71 Å². The van der Waals surface area contributed by atoms with Gasteiger partial charge in [-0.2, -0.15) is 0 Å². The molecule has 170 valence electrons. The summed E-state index contributed by atoms with van der Waals surface area (Å²) in [5, 5.41) is 4.34. The lowest BCUT2D eigenvalue weighted by Gasteiger charge is -2.26. The molecule has 9 heteroatoms. The van der Waals surface area contributed by atoms with Gasteiger partial charge in [0.2, 0.25) is 5.95 Å². The van der Waals surface area contributed by atoms with E-state index in [9.17, 15) is 4.79 Å². The van der Waals surface area contributed by atoms with Crippen molar-refractivity contribution in [1.29, 1.82) is 0 Å². The summed E-state index contributed by atoms with van der Waals surface area (Å²) in [7, 11) is 0. The number of aromatic nitrogens is 2. The van der Waals surface area contributed by atoms with E-state index in [1.54, 1.807) is 13.0 Å². The summed E-state index contributed by atoms with van der Waals surface area (Å²) in [6, 6.07) is 8.16. The molecular formula is C23H29N5O3S. The van der Waals surface area contributed by atoms with Crippen LogP contribution in [0.1, 0.15) is 27.7 Å².